The molecule has 0 heterocycles. The number of benzene rings is 6. The second-order valence-electron chi connectivity index (χ2n) is 20.3. The van der Waals surface area contributed by atoms with E-state index in [1.54, 1.807) is 0 Å². The van der Waals surface area contributed by atoms with Crippen LogP contribution in [-0.4, -0.2) is 23.1 Å². The Bertz CT molecular complexity index is 3890. The first-order chi connectivity index (χ1) is 25.8. The molecule has 54 heavy (non-hydrogen) atoms. The highest BCUT2D eigenvalue weighted by molar-refractivity contribution is 6.64. The maximum Gasteiger partial charge on any atom is 0.326 e. The Labute approximate surface area is 306 Å². The largest absolute Gasteiger partial charge is 0.459 e. The molecule has 1 spiro atoms. The van der Waals surface area contributed by atoms with Crippen molar-refractivity contribution in [3.63, 3.8) is 0 Å². The van der Waals surface area contributed by atoms with Crippen LogP contribution in [0.2, 0.25) is 0 Å². The second-order valence-corrected chi connectivity index (χ2v) is 20.3. The molecule has 1 saturated carbocycles. The van der Waals surface area contributed by atoms with Gasteiger partial charge in [-0.3, -0.25) is 9.59 Å². The minimum absolute atomic E-state index is 0.423. The van der Waals surface area contributed by atoms with Crippen LogP contribution in [0, 0.1) is 5.41 Å². The minimum Gasteiger partial charge on any atom is -0.459 e. The molecule has 0 aliphatic heterocycles. The van der Waals surface area contributed by atoms with E-state index in [1.165, 1.54) is 152 Å². The van der Waals surface area contributed by atoms with E-state index in [2.05, 4.69) is 30.3 Å². The number of hydrogen-bond donors (Lipinski definition) is 0. The van der Waals surface area contributed by atoms with Crippen molar-refractivity contribution in [2.24, 2.45) is 5.41 Å². The SMILES string of the molecule is CC(C)(C)OC(=O)C1(C(=O)OC(C)(C)C)C2c3cc4c5c3c3c6c7c8c(cc9c8c8c%10c(cc%11c%12c%13c(cc(c%14c5c5c3c7c8c(c%12%10)c5c%13%14)C4)C%11)C9)=CC621. The molecule has 11 aromatic rings. The number of carbonyl (C=O) groups excluding carboxylic acids is 2. The number of ether oxygens (including phenoxy) is 2. The van der Waals surface area contributed by atoms with Crippen molar-refractivity contribution in [1.29, 1.82) is 0 Å². The van der Waals surface area contributed by atoms with Crippen LogP contribution in [0.15, 0.2) is 24.3 Å². The van der Waals surface area contributed by atoms with Gasteiger partial charge >= 0.3 is 11.9 Å². The summed E-state index contributed by atoms with van der Waals surface area (Å²) >= 11 is 0. The molecular weight excluding hydrogens is 665 g/mol. The highest BCUT2D eigenvalue weighted by Crippen LogP contribution is 2.83. The molecule has 6 aliphatic rings. The summed E-state index contributed by atoms with van der Waals surface area (Å²) in [4.78, 5) is 30.8. The topological polar surface area (TPSA) is 52.6 Å². The van der Waals surface area contributed by atoms with Crippen molar-refractivity contribution in [1.82, 2.24) is 0 Å². The van der Waals surface area contributed by atoms with Gasteiger partial charge in [0.15, 0.2) is 5.41 Å². The van der Waals surface area contributed by atoms with Crippen molar-refractivity contribution in [3.8, 4) is 0 Å². The van der Waals surface area contributed by atoms with Gasteiger partial charge < -0.3 is 9.47 Å². The maximum absolute atomic E-state index is 15.4. The predicted octanol–water partition coefficient (Wildman–Crippen LogP) is 10.1. The van der Waals surface area contributed by atoms with E-state index >= 15 is 9.59 Å². The van der Waals surface area contributed by atoms with E-state index in [1.807, 2.05) is 41.5 Å². The summed E-state index contributed by atoms with van der Waals surface area (Å²) in [5.74, 6) is -1.34. The van der Waals surface area contributed by atoms with E-state index in [4.69, 9.17) is 9.47 Å². The van der Waals surface area contributed by atoms with E-state index in [0.29, 0.717) is 0 Å². The smallest absolute Gasteiger partial charge is 0.326 e. The lowest BCUT2D eigenvalue weighted by Crippen LogP contribution is -2.43. The van der Waals surface area contributed by atoms with Crippen LogP contribution in [0.4, 0.5) is 0 Å². The molecule has 254 valence electrons. The number of fused-ring (bicyclic) bond motifs is 1. The van der Waals surface area contributed by atoms with Gasteiger partial charge in [-0.25, -0.2) is 0 Å². The fraction of sp³-hybridized carbons (Fsp3) is 0.280. The van der Waals surface area contributed by atoms with Gasteiger partial charge in [-0.1, -0.05) is 30.3 Å². The third-order valence-corrected chi connectivity index (χ3v) is 15.8. The van der Waals surface area contributed by atoms with Gasteiger partial charge in [0.25, 0.3) is 0 Å². The molecular formula is C50H30O4. The first-order valence-electron chi connectivity index (χ1n) is 19.8. The van der Waals surface area contributed by atoms with Crippen molar-refractivity contribution in [3.05, 3.63) is 74.0 Å². The summed E-state index contributed by atoms with van der Waals surface area (Å²) < 4.78 is 12.9. The molecule has 11 aromatic carbocycles. The zero-order valence-corrected chi connectivity index (χ0v) is 30.7. The van der Waals surface area contributed by atoms with Crippen LogP contribution in [0.5, 0.6) is 0 Å². The van der Waals surface area contributed by atoms with Gasteiger partial charge in [0.05, 0.1) is 5.41 Å². The Morgan fingerprint density at radius 1 is 0.481 bits per heavy atom. The first kappa shape index (κ1) is 26.3. The molecule has 0 N–H and O–H groups in total. The lowest BCUT2D eigenvalue weighted by Gasteiger charge is -2.30. The molecule has 0 aromatic heterocycles. The molecule has 0 radical (unpaired) electrons. The molecule has 17 rings (SSSR count). The summed E-state index contributed by atoms with van der Waals surface area (Å²) in [5.41, 5.74) is 6.92. The molecule has 0 amide bonds. The lowest BCUT2D eigenvalue weighted by atomic mass is 9.77. The average Bonchev–Trinajstić information content (AvgIpc) is 3.76. The van der Waals surface area contributed by atoms with Crippen LogP contribution in [0.25, 0.3) is 114 Å². The van der Waals surface area contributed by atoms with Gasteiger partial charge in [-0.05, 0) is 218 Å². The zero-order valence-electron chi connectivity index (χ0n) is 30.7. The second kappa shape index (κ2) is 6.63. The van der Waals surface area contributed by atoms with Gasteiger partial charge in [0.2, 0.25) is 0 Å². The standard InChI is InChI=1S/C50H30O4/c1-47(2,3)53-45(51)50(46(52)54-48(4,5)6)44-22-13-20-11-18-9-16-7-15-8-17-10-19-12-21-14-49(44,50)43-41-29(21)25(19)33-27(17)31-23(15)24(16)32-28(18)34-26(20)30(22)42(43)40-38(34)36(32)35(31)37(33)39(40)41/h8-9,12-14,44H,7,10-11H2,1-6H3. The minimum atomic E-state index is -1.56. The van der Waals surface area contributed by atoms with Crippen LogP contribution >= 0.6 is 0 Å². The van der Waals surface area contributed by atoms with Crippen LogP contribution in [0.3, 0.4) is 0 Å². The Balaban J connectivity index is 1.22. The number of rotatable bonds is 2. The van der Waals surface area contributed by atoms with Crippen molar-refractivity contribution in [2.75, 3.05) is 0 Å². The summed E-state index contributed by atoms with van der Waals surface area (Å²) in [6, 6.07) is 9.97. The number of esters is 2. The predicted molar refractivity (Wildman–Crippen MR) is 215 cm³/mol. The highest BCUT2D eigenvalue weighted by atomic mass is 16.6. The first-order valence-corrected chi connectivity index (χ1v) is 19.8. The maximum atomic E-state index is 15.4. The summed E-state index contributed by atoms with van der Waals surface area (Å²) in [6.07, 6.45) is 5.15. The van der Waals surface area contributed by atoms with Gasteiger partial charge in [0.1, 0.15) is 11.2 Å². The van der Waals surface area contributed by atoms with Gasteiger partial charge in [-0.2, -0.15) is 0 Å². The Morgan fingerprint density at radius 2 is 0.852 bits per heavy atom. The molecule has 0 bridgehead atoms. The van der Waals surface area contributed by atoms with Crippen molar-refractivity contribution >= 4 is 126 Å². The summed E-state index contributed by atoms with van der Waals surface area (Å²) in [6.45, 7) is 11.5. The van der Waals surface area contributed by atoms with E-state index in [9.17, 15) is 0 Å². The average molecular weight is 695 g/mol. The Kier molecular flexibility index (Phi) is 3.23. The molecule has 4 heteroatoms. The van der Waals surface area contributed by atoms with Gasteiger partial charge in [0, 0.05) is 5.92 Å². The van der Waals surface area contributed by atoms with E-state index < -0.39 is 39.9 Å². The highest BCUT2D eigenvalue weighted by Gasteiger charge is 2.88. The Morgan fingerprint density at radius 3 is 1.35 bits per heavy atom. The van der Waals surface area contributed by atoms with Crippen molar-refractivity contribution in [2.45, 2.75) is 83.3 Å². The monoisotopic (exact) mass is 694 g/mol. The number of hydrogen-bond acceptors (Lipinski definition) is 4. The van der Waals surface area contributed by atoms with Crippen LogP contribution < -0.4 is 5.22 Å². The number of carbonyl (C=O) groups is 2. The quantitative estimate of drug-likeness (QED) is 0.103. The molecule has 2 unspecified atom stereocenters. The molecule has 4 nitrogen and oxygen atoms in total. The van der Waals surface area contributed by atoms with Crippen molar-refractivity contribution < 1.29 is 19.1 Å². The molecule has 2 atom stereocenters. The fourth-order valence-electron chi connectivity index (χ4n) is 14.9. The molecule has 0 saturated heterocycles. The summed E-state index contributed by atoms with van der Waals surface area (Å²) in [5, 5.41) is 29.7. The fourth-order valence-corrected chi connectivity index (χ4v) is 14.9. The van der Waals surface area contributed by atoms with Crippen LogP contribution in [-0.2, 0) is 43.7 Å². The molecule has 6 aliphatic carbocycles. The third kappa shape index (κ3) is 2.02. The normalized spacial score (nSPS) is 22.4. The lowest BCUT2D eigenvalue weighted by molar-refractivity contribution is -0.178. The Hall–Kier alpha value is -5.48. The van der Waals surface area contributed by atoms with Crippen LogP contribution in [0.1, 0.15) is 92.0 Å². The summed E-state index contributed by atoms with van der Waals surface area (Å²) in [7, 11) is 0. The molecule has 1 fully saturated rings. The third-order valence-electron chi connectivity index (χ3n) is 15.8. The zero-order chi connectivity index (χ0) is 35.5. The van der Waals surface area contributed by atoms with E-state index in [0.717, 1.165) is 24.8 Å². The van der Waals surface area contributed by atoms with Gasteiger partial charge in [-0.15, -0.1) is 0 Å². The van der Waals surface area contributed by atoms with E-state index in [-0.39, 0.29) is 0 Å².